The molecule has 1 saturated heterocycles. The van der Waals surface area contributed by atoms with Gasteiger partial charge in [-0.15, -0.1) is 0 Å². The van der Waals surface area contributed by atoms with Crippen molar-refractivity contribution in [1.29, 1.82) is 0 Å². The molecule has 1 aliphatic carbocycles. The zero-order chi connectivity index (χ0) is 22.2. The maximum absolute atomic E-state index is 12.8. The van der Waals surface area contributed by atoms with Crippen LogP contribution in [0, 0.1) is 0 Å². The minimum absolute atomic E-state index is 0.000584. The third-order valence-corrected chi connectivity index (χ3v) is 7.19. The Morgan fingerprint density at radius 3 is 2.72 bits per heavy atom. The van der Waals surface area contributed by atoms with E-state index in [9.17, 15) is 4.79 Å². The van der Waals surface area contributed by atoms with E-state index in [0.29, 0.717) is 28.8 Å². The highest BCUT2D eigenvalue weighted by atomic mass is 16.5. The van der Waals surface area contributed by atoms with Crippen molar-refractivity contribution in [3.63, 3.8) is 0 Å². The average Bonchev–Trinajstić information content (AvgIpc) is 3.58. The molecule has 1 aromatic carbocycles. The summed E-state index contributed by atoms with van der Waals surface area (Å²) in [6, 6.07) is 6.41. The third-order valence-electron chi connectivity index (χ3n) is 7.19. The van der Waals surface area contributed by atoms with Crippen molar-refractivity contribution in [2.24, 2.45) is 0 Å². The van der Waals surface area contributed by atoms with Crippen molar-refractivity contribution in [3.8, 4) is 11.5 Å². The zero-order valence-electron chi connectivity index (χ0n) is 19.0. The molecule has 2 aliphatic rings. The molecule has 0 spiro atoms. The lowest BCUT2D eigenvalue weighted by Gasteiger charge is -2.24. The van der Waals surface area contributed by atoms with Crippen LogP contribution in [0.1, 0.15) is 68.4 Å². The van der Waals surface area contributed by atoms with Crippen molar-refractivity contribution in [2.45, 2.75) is 57.0 Å². The van der Waals surface area contributed by atoms with Crippen molar-refractivity contribution in [3.05, 3.63) is 46.1 Å². The highest BCUT2D eigenvalue weighted by Gasteiger charge is 2.32. The number of para-hydroxylation sites is 1. The lowest BCUT2D eigenvalue weighted by molar-refractivity contribution is 0.249. The molecule has 8 heteroatoms. The van der Waals surface area contributed by atoms with Crippen LogP contribution in [0.15, 0.2) is 29.2 Å². The van der Waals surface area contributed by atoms with Crippen LogP contribution in [0.5, 0.6) is 11.5 Å². The van der Waals surface area contributed by atoms with Crippen LogP contribution in [0.25, 0.3) is 11.0 Å². The van der Waals surface area contributed by atoms with Gasteiger partial charge in [-0.25, -0.2) is 9.67 Å². The van der Waals surface area contributed by atoms with Gasteiger partial charge in [0.15, 0.2) is 17.1 Å². The second kappa shape index (κ2) is 8.58. The normalized spacial score (nSPS) is 20.8. The number of aromatic nitrogens is 4. The maximum atomic E-state index is 12.8. The van der Waals surface area contributed by atoms with Crippen molar-refractivity contribution < 1.29 is 9.47 Å². The fraction of sp³-hybridized carbons (Fsp3) is 0.542. The zero-order valence-corrected chi connectivity index (χ0v) is 19.0. The molecule has 170 valence electrons. The number of aromatic amines is 1. The van der Waals surface area contributed by atoms with E-state index in [1.807, 2.05) is 16.8 Å². The van der Waals surface area contributed by atoms with E-state index < -0.39 is 0 Å². The fourth-order valence-electron chi connectivity index (χ4n) is 5.37. The molecule has 3 aromatic rings. The van der Waals surface area contributed by atoms with Gasteiger partial charge in [0, 0.05) is 18.0 Å². The van der Waals surface area contributed by atoms with Crippen molar-refractivity contribution in [1.82, 2.24) is 24.6 Å². The van der Waals surface area contributed by atoms with Crippen LogP contribution in [0.3, 0.4) is 0 Å². The predicted molar refractivity (Wildman–Crippen MR) is 123 cm³/mol. The Morgan fingerprint density at radius 1 is 1.16 bits per heavy atom. The number of rotatable bonds is 6. The Kier molecular flexibility index (Phi) is 5.63. The third kappa shape index (κ3) is 3.56. The number of nitrogens with one attached hydrogen (secondary N) is 1. The molecule has 1 N–H and O–H groups in total. The van der Waals surface area contributed by atoms with Gasteiger partial charge in [-0.2, -0.15) is 5.10 Å². The lowest BCUT2D eigenvalue weighted by atomic mass is 9.97. The first-order valence-electron chi connectivity index (χ1n) is 11.5. The van der Waals surface area contributed by atoms with Gasteiger partial charge in [0.1, 0.15) is 11.2 Å². The van der Waals surface area contributed by atoms with Crippen molar-refractivity contribution in [2.75, 3.05) is 27.3 Å². The summed E-state index contributed by atoms with van der Waals surface area (Å²) in [7, 11) is 3.35. The molecular weight excluding hydrogens is 406 g/mol. The Bertz CT molecular complexity index is 1160. The van der Waals surface area contributed by atoms with Gasteiger partial charge in [-0.1, -0.05) is 25.0 Å². The summed E-state index contributed by atoms with van der Waals surface area (Å²) >= 11 is 0. The number of H-pyrrole nitrogens is 1. The largest absolute Gasteiger partial charge is 0.493 e. The average molecular weight is 438 g/mol. The SMILES string of the molecule is COc1cccc(C2CCN([C@H](C)c3nc4c(cnn4C4CCCC4)c(=O)[nH]3)C2)c1OC. The molecule has 3 heterocycles. The minimum Gasteiger partial charge on any atom is -0.493 e. The fourth-order valence-corrected chi connectivity index (χ4v) is 5.37. The molecule has 1 saturated carbocycles. The first-order valence-corrected chi connectivity index (χ1v) is 11.5. The minimum atomic E-state index is -0.105. The predicted octanol–water partition coefficient (Wildman–Crippen LogP) is 3.80. The summed E-state index contributed by atoms with van der Waals surface area (Å²) in [4.78, 5) is 23.1. The van der Waals surface area contributed by atoms with Gasteiger partial charge >= 0.3 is 0 Å². The molecule has 5 rings (SSSR count). The molecule has 1 aliphatic heterocycles. The van der Waals surface area contributed by atoms with Crippen LogP contribution in [-0.4, -0.2) is 52.0 Å². The van der Waals surface area contributed by atoms with Crippen LogP contribution < -0.4 is 15.0 Å². The Balaban J connectivity index is 1.41. The number of likely N-dealkylation sites (tertiary alicyclic amines) is 1. The highest BCUT2D eigenvalue weighted by Crippen LogP contribution is 2.40. The molecule has 32 heavy (non-hydrogen) atoms. The molecular formula is C24H31N5O3. The number of fused-ring (bicyclic) bond motifs is 1. The first kappa shape index (κ1) is 21.0. The Labute approximate surface area is 187 Å². The van der Waals surface area contributed by atoms with Gasteiger partial charge in [-0.3, -0.25) is 9.69 Å². The molecule has 0 amide bonds. The van der Waals surface area contributed by atoms with E-state index in [1.165, 1.54) is 12.8 Å². The standard InChI is InChI=1S/C24H31N5O3/c1-15(28-12-11-16(14-28)18-9-6-10-20(31-2)21(18)32-3)22-26-23-19(24(30)27-22)13-25-29(23)17-7-4-5-8-17/h6,9-10,13,15-17H,4-5,7-8,11-12,14H2,1-3H3,(H,26,27,30)/t15-,16?/m1/s1. The van der Waals surface area contributed by atoms with Crippen molar-refractivity contribution >= 4 is 11.0 Å². The molecule has 2 atom stereocenters. The second-order valence-electron chi connectivity index (χ2n) is 8.96. The monoisotopic (exact) mass is 437 g/mol. The van der Waals surface area contributed by atoms with E-state index in [-0.39, 0.29) is 11.6 Å². The summed E-state index contributed by atoms with van der Waals surface area (Å²) in [6.07, 6.45) is 7.30. The molecule has 2 aromatic heterocycles. The van der Waals surface area contributed by atoms with Crippen LogP contribution >= 0.6 is 0 Å². The topological polar surface area (TPSA) is 85.3 Å². The second-order valence-corrected chi connectivity index (χ2v) is 8.96. The summed E-state index contributed by atoms with van der Waals surface area (Å²) < 4.78 is 13.1. The number of benzene rings is 1. The van der Waals surface area contributed by atoms with Crippen LogP contribution in [0.4, 0.5) is 0 Å². The summed E-state index contributed by atoms with van der Waals surface area (Å²) in [6.45, 7) is 3.91. The van der Waals surface area contributed by atoms with E-state index in [0.717, 1.165) is 49.4 Å². The number of ether oxygens (including phenoxy) is 2. The van der Waals surface area contributed by atoms with E-state index in [1.54, 1.807) is 20.4 Å². The van der Waals surface area contributed by atoms with Gasteiger partial charge in [-0.05, 0) is 38.8 Å². The maximum Gasteiger partial charge on any atom is 0.262 e. The lowest BCUT2D eigenvalue weighted by Crippen LogP contribution is -2.28. The van der Waals surface area contributed by atoms with Crippen LogP contribution in [-0.2, 0) is 0 Å². The highest BCUT2D eigenvalue weighted by molar-refractivity contribution is 5.73. The number of methoxy groups -OCH3 is 2. The van der Waals surface area contributed by atoms with Gasteiger partial charge in [0.05, 0.1) is 32.5 Å². The molecule has 1 unspecified atom stereocenters. The smallest absolute Gasteiger partial charge is 0.262 e. The Hall–Kier alpha value is -2.87. The number of nitrogens with zero attached hydrogens (tertiary/aromatic N) is 4. The quantitative estimate of drug-likeness (QED) is 0.631. The molecule has 8 nitrogen and oxygen atoms in total. The van der Waals surface area contributed by atoms with Crippen LogP contribution in [0.2, 0.25) is 0 Å². The van der Waals surface area contributed by atoms with Gasteiger partial charge in [0.25, 0.3) is 5.56 Å². The van der Waals surface area contributed by atoms with Gasteiger partial charge < -0.3 is 14.5 Å². The molecule has 0 radical (unpaired) electrons. The van der Waals surface area contributed by atoms with E-state index >= 15 is 0 Å². The molecule has 0 bridgehead atoms. The summed E-state index contributed by atoms with van der Waals surface area (Å²) in [5.74, 6) is 2.61. The van der Waals surface area contributed by atoms with E-state index in [2.05, 4.69) is 28.0 Å². The number of hydrogen-bond donors (Lipinski definition) is 1. The molecule has 2 fully saturated rings. The summed E-state index contributed by atoms with van der Waals surface area (Å²) in [5, 5.41) is 5.10. The van der Waals surface area contributed by atoms with Gasteiger partial charge in [0.2, 0.25) is 0 Å². The summed E-state index contributed by atoms with van der Waals surface area (Å²) in [5.41, 5.74) is 1.77. The number of hydrogen-bond acceptors (Lipinski definition) is 6. The van der Waals surface area contributed by atoms with E-state index in [4.69, 9.17) is 14.5 Å². The Morgan fingerprint density at radius 2 is 1.97 bits per heavy atom. The first-order chi connectivity index (χ1) is 15.6.